The molecule has 0 N–H and O–H groups in total. The van der Waals surface area contributed by atoms with Gasteiger partial charge in [0.05, 0.1) is 0 Å². The summed E-state index contributed by atoms with van der Waals surface area (Å²) >= 11 is 0. The summed E-state index contributed by atoms with van der Waals surface area (Å²) in [6.07, 6.45) is 4.19. The third kappa shape index (κ3) is 3.21. The summed E-state index contributed by atoms with van der Waals surface area (Å²) in [7, 11) is 0. The van der Waals surface area contributed by atoms with Crippen LogP contribution in [0.25, 0.3) is 0 Å². The smallest absolute Gasteiger partial charge is 0.162 e. The monoisotopic (exact) mass is 233 g/mol. The largest absolute Gasteiger partial charge is 0.294 e. The fraction of sp³-hybridized carbons (Fsp3) is 0.250. The van der Waals surface area contributed by atoms with Crippen molar-refractivity contribution in [3.05, 3.63) is 48.3 Å². The highest BCUT2D eigenvalue weighted by Crippen LogP contribution is 2.07. The molecule has 88 valence electrons. The molecule has 2 aromatic rings. The second-order valence-electron chi connectivity index (χ2n) is 3.69. The van der Waals surface area contributed by atoms with Crippen molar-refractivity contribution in [2.75, 3.05) is 0 Å². The minimum Gasteiger partial charge on any atom is -0.294 e. The number of hydrogen-bond acceptors (Lipinski definition) is 3. The second kappa shape index (κ2) is 5.34. The number of ketones is 1. The number of Topliss-reactive ketones (excluding diaryl/α,β-unsaturated/α-hetero) is 1. The van der Waals surface area contributed by atoms with Gasteiger partial charge in [-0.05, 0) is 30.7 Å². The van der Waals surface area contributed by atoms with Gasteiger partial charge in [-0.1, -0.05) is 0 Å². The maximum Gasteiger partial charge on any atom is 0.162 e. The maximum absolute atomic E-state index is 12.7. The Labute approximate surface area is 98.1 Å². The lowest BCUT2D eigenvalue weighted by molar-refractivity contribution is 0.0978. The van der Waals surface area contributed by atoms with E-state index in [1.165, 1.54) is 30.6 Å². The zero-order valence-electron chi connectivity index (χ0n) is 9.21. The summed E-state index contributed by atoms with van der Waals surface area (Å²) in [5, 5.41) is 3.94. The first-order valence-corrected chi connectivity index (χ1v) is 5.37. The molecule has 17 heavy (non-hydrogen) atoms. The number of nitrogens with zero attached hydrogens (tertiary/aromatic N) is 3. The number of aryl methyl sites for hydroxylation is 1. The van der Waals surface area contributed by atoms with Gasteiger partial charge in [0.2, 0.25) is 0 Å². The molecule has 0 aliphatic carbocycles. The molecule has 0 radical (unpaired) electrons. The summed E-state index contributed by atoms with van der Waals surface area (Å²) in [6, 6.07) is 5.61. The van der Waals surface area contributed by atoms with Crippen molar-refractivity contribution in [1.29, 1.82) is 0 Å². The summed E-state index contributed by atoms with van der Waals surface area (Å²) in [5.41, 5.74) is 0.546. The molecule has 1 aromatic carbocycles. The number of hydrogen-bond donors (Lipinski definition) is 0. The number of carbonyl (C=O) groups is 1. The van der Waals surface area contributed by atoms with Crippen LogP contribution in [0.2, 0.25) is 0 Å². The van der Waals surface area contributed by atoms with Crippen LogP contribution in [0.1, 0.15) is 23.2 Å². The highest BCUT2D eigenvalue weighted by molar-refractivity contribution is 5.95. The van der Waals surface area contributed by atoms with Gasteiger partial charge in [0.15, 0.2) is 5.78 Å². The molecule has 0 spiro atoms. The van der Waals surface area contributed by atoms with E-state index >= 15 is 0 Å². The molecule has 0 unspecified atom stereocenters. The third-order valence-corrected chi connectivity index (χ3v) is 2.42. The molecule has 0 bridgehead atoms. The summed E-state index contributed by atoms with van der Waals surface area (Å²) in [6.45, 7) is 0.660. The van der Waals surface area contributed by atoms with E-state index in [-0.39, 0.29) is 11.6 Å². The van der Waals surface area contributed by atoms with Gasteiger partial charge in [0, 0.05) is 18.5 Å². The fourth-order valence-corrected chi connectivity index (χ4v) is 1.53. The van der Waals surface area contributed by atoms with Gasteiger partial charge in [-0.2, -0.15) is 5.10 Å². The van der Waals surface area contributed by atoms with E-state index in [1.807, 2.05) is 0 Å². The number of rotatable bonds is 5. The van der Waals surface area contributed by atoms with Gasteiger partial charge >= 0.3 is 0 Å². The van der Waals surface area contributed by atoms with E-state index in [1.54, 1.807) is 11.0 Å². The van der Waals surface area contributed by atoms with Crippen LogP contribution in [0.4, 0.5) is 4.39 Å². The molecule has 0 atom stereocenters. The van der Waals surface area contributed by atoms with Crippen LogP contribution in [0.5, 0.6) is 0 Å². The molecule has 0 fully saturated rings. The van der Waals surface area contributed by atoms with Gasteiger partial charge < -0.3 is 0 Å². The molecule has 4 nitrogen and oxygen atoms in total. The molecule has 0 amide bonds. The van der Waals surface area contributed by atoms with E-state index in [2.05, 4.69) is 10.1 Å². The van der Waals surface area contributed by atoms with E-state index < -0.39 is 0 Å². The van der Waals surface area contributed by atoms with Gasteiger partial charge in [-0.3, -0.25) is 9.48 Å². The molecule has 1 heterocycles. The summed E-state index contributed by atoms with van der Waals surface area (Å²) in [4.78, 5) is 15.5. The quantitative estimate of drug-likeness (QED) is 0.743. The highest BCUT2D eigenvalue weighted by Gasteiger charge is 2.05. The van der Waals surface area contributed by atoms with Crippen LogP contribution in [0.3, 0.4) is 0 Å². The summed E-state index contributed by atoms with van der Waals surface area (Å²) in [5.74, 6) is -0.311. The molecule has 0 aliphatic heterocycles. The molecule has 2 rings (SSSR count). The average Bonchev–Trinajstić information content (AvgIpc) is 2.83. The van der Waals surface area contributed by atoms with Crippen LogP contribution in [-0.4, -0.2) is 20.5 Å². The van der Waals surface area contributed by atoms with Gasteiger partial charge in [-0.25, -0.2) is 9.37 Å². The standard InChI is InChI=1S/C12H12FN3O/c13-11-5-3-10(4-6-11)12(17)2-1-7-16-9-14-8-15-16/h3-6,8-9H,1-2,7H2. The van der Waals surface area contributed by atoms with E-state index in [0.29, 0.717) is 24.9 Å². The van der Waals surface area contributed by atoms with Crippen molar-refractivity contribution in [2.24, 2.45) is 0 Å². The lowest BCUT2D eigenvalue weighted by Crippen LogP contribution is -2.03. The molecular formula is C12H12FN3O. The highest BCUT2D eigenvalue weighted by atomic mass is 19.1. The van der Waals surface area contributed by atoms with Crippen molar-refractivity contribution in [1.82, 2.24) is 14.8 Å². The Kier molecular flexibility index (Phi) is 3.59. The Morgan fingerprint density at radius 1 is 1.29 bits per heavy atom. The first-order chi connectivity index (χ1) is 8.25. The average molecular weight is 233 g/mol. The second-order valence-corrected chi connectivity index (χ2v) is 3.69. The predicted octanol–water partition coefficient (Wildman–Crippen LogP) is 2.08. The Hall–Kier alpha value is -2.04. The fourth-order valence-electron chi connectivity index (χ4n) is 1.53. The van der Waals surface area contributed by atoms with Crippen LogP contribution >= 0.6 is 0 Å². The van der Waals surface area contributed by atoms with E-state index in [9.17, 15) is 9.18 Å². The minimum absolute atomic E-state index is 0.0186. The molecule has 0 saturated carbocycles. The van der Waals surface area contributed by atoms with Crippen molar-refractivity contribution in [3.8, 4) is 0 Å². The zero-order valence-corrected chi connectivity index (χ0v) is 9.21. The number of aromatic nitrogens is 3. The zero-order chi connectivity index (χ0) is 12.1. The Balaban J connectivity index is 1.83. The van der Waals surface area contributed by atoms with E-state index in [4.69, 9.17) is 0 Å². The van der Waals surface area contributed by atoms with Crippen LogP contribution in [0.15, 0.2) is 36.9 Å². The lowest BCUT2D eigenvalue weighted by Gasteiger charge is -2.01. The van der Waals surface area contributed by atoms with Crippen LogP contribution in [0, 0.1) is 5.82 Å². The molecular weight excluding hydrogens is 221 g/mol. The lowest BCUT2D eigenvalue weighted by atomic mass is 10.1. The predicted molar refractivity (Wildman–Crippen MR) is 60.0 cm³/mol. The number of carbonyl (C=O) groups excluding carboxylic acids is 1. The van der Waals surface area contributed by atoms with Gasteiger partial charge in [0.25, 0.3) is 0 Å². The van der Waals surface area contributed by atoms with Crippen molar-refractivity contribution >= 4 is 5.78 Å². The van der Waals surface area contributed by atoms with Gasteiger partial charge in [-0.15, -0.1) is 0 Å². The Morgan fingerprint density at radius 2 is 2.06 bits per heavy atom. The first-order valence-electron chi connectivity index (χ1n) is 5.37. The van der Waals surface area contributed by atoms with Gasteiger partial charge in [0.1, 0.15) is 18.5 Å². The molecule has 1 aromatic heterocycles. The van der Waals surface area contributed by atoms with Crippen molar-refractivity contribution < 1.29 is 9.18 Å². The number of halogens is 1. The van der Waals surface area contributed by atoms with Crippen molar-refractivity contribution in [3.63, 3.8) is 0 Å². The summed E-state index contributed by atoms with van der Waals surface area (Å²) < 4.78 is 14.3. The SMILES string of the molecule is O=C(CCCn1cncn1)c1ccc(F)cc1. The Bertz CT molecular complexity index is 479. The van der Waals surface area contributed by atoms with E-state index in [0.717, 1.165) is 0 Å². The van der Waals surface area contributed by atoms with Crippen molar-refractivity contribution in [2.45, 2.75) is 19.4 Å². The molecule has 5 heteroatoms. The topological polar surface area (TPSA) is 47.8 Å². The normalized spacial score (nSPS) is 10.4. The first kappa shape index (κ1) is 11.4. The number of benzene rings is 1. The maximum atomic E-state index is 12.7. The molecule has 0 saturated heterocycles. The van der Waals surface area contributed by atoms with Crippen LogP contribution in [-0.2, 0) is 6.54 Å². The Morgan fingerprint density at radius 3 is 2.71 bits per heavy atom. The van der Waals surface area contributed by atoms with Crippen LogP contribution < -0.4 is 0 Å². The minimum atomic E-state index is -0.329. The molecule has 0 aliphatic rings. The third-order valence-electron chi connectivity index (χ3n) is 2.42.